The van der Waals surface area contributed by atoms with Crippen molar-refractivity contribution in [1.29, 1.82) is 5.26 Å². The Bertz CT molecular complexity index is 1340. The highest BCUT2D eigenvalue weighted by Gasteiger charge is 2.47. The van der Waals surface area contributed by atoms with Gasteiger partial charge in [-0.05, 0) is 67.4 Å². The quantitative estimate of drug-likeness (QED) is 0.263. The Hall–Kier alpha value is -4.57. The number of nitriles is 1. The molecule has 182 valence electrons. The van der Waals surface area contributed by atoms with Gasteiger partial charge in [0.15, 0.2) is 0 Å². The van der Waals surface area contributed by atoms with Crippen LogP contribution < -0.4 is 14.4 Å². The second-order valence-electron chi connectivity index (χ2n) is 8.21. The number of ether oxygens (including phenoxy) is 2. The molecule has 0 radical (unpaired) electrons. The van der Waals surface area contributed by atoms with E-state index in [0.29, 0.717) is 47.1 Å². The number of amides is 1. The van der Waals surface area contributed by atoms with Gasteiger partial charge in [-0.25, -0.2) is 0 Å². The molecule has 3 aromatic carbocycles. The third-order valence-corrected chi connectivity index (χ3v) is 5.81. The maximum Gasteiger partial charge on any atom is 0.300 e. The number of carbonyl (C=O) groups is 2. The fraction of sp³-hybridized carbons (Fsp3) is 0.207. The number of benzene rings is 3. The topological polar surface area (TPSA) is 99.9 Å². The van der Waals surface area contributed by atoms with E-state index in [1.165, 1.54) is 4.90 Å². The lowest BCUT2D eigenvalue weighted by Crippen LogP contribution is -2.29. The first-order valence-corrected chi connectivity index (χ1v) is 11.8. The monoisotopic (exact) mass is 482 g/mol. The van der Waals surface area contributed by atoms with Crippen molar-refractivity contribution >= 4 is 23.1 Å². The maximum absolute atomic E-state index is 13.3. The van der Waals surface area contributed by atoms with Gasteiger partial charge >= 0.3 is 0 Å². The van der Waals surface area contributed by atoms with E-state index < -0.39 is 17.7 Å². The highest BCUT2D eigenvalue weighted by atomic mass is 16.5. The van der Waals surface area contributed by atoms with Crippen LogP contribution in [0.15, 0.2) is 78.4 Å². The van der Waals surface area contributed by atoms with Crippen molar-refractivity contribution in [1.82, 2.24) is 0 Å². The summed E-state index contributed by atoms with van der Waals surface area (Å²) in [6, 6.07) is 21.4. The Morgan fingerprint density at radius 1 is 0.972 bits per heavy atom. The third kappa shape index (κ3) is 4.80. The van der Waals surface area contributed by atoms with Gasteiger partial charge in [0, 0.05) is 11.3 Å². The van der Waals surface area contributed by atoms with Crippen molar-refractivity contribution in [2.75, 3.05) is 18.1 Å². The van der Waals surface area contributed by atoms with Gasteiger partial charge in [-0.1, -0.05) is 31.2 Å². The molecule has 7 heteroatoms. The average molecular weight is 483 g/mol. The normalized spacial score (nSPS) is 16.6. The number of carbonyl (C=O) groups excluding carboxylic acids is 2. The van der Waals surface area contributed by atoms with Crippen LogP contribution in [0.3, 0.4) is 0 Å². The van der Waals surface area contributed by atoms with Crippen molar-refractivity contribution in [2.24, 2.45) is 0 Å². The van der Waals surface area contributed by atoms with Gasteiger partial charge in [-0.3, -0.25) is 14.5 Å². The maximum atomic E-state index is 13.3. The Morgan fingerprint density at radius 2 is 1.69 bits per heavy atom. The van der Waals surface area contributed by atoms with E-state index in [9.17, 15) is 14.7 Å². The predicted octanol–water partition coefficient (Wildman–Crippen LogP) is 5.37. The zero-order valence-corrected chi connectivity index (χ0v) is 20.1. The molecule has 1 aliphatic rings. The van der Waals surface area contributed by atoms with Crippen LogP contribution in [0, 0.1) is 11.3 Å². The molecule has 0 aromatic heterocycles. The average Bonchev–Trinajstić information content (AvgIpc) is 3.17. The van der Waals surface area contributed by atoms with Crippen LogP contribution in [0.25, 0.3) is 5.76 Å². The molecule has 1 saturated heterocycles. The van der Waals surface area contributed by atoms with E-state index in [4.69, 9.17) is 14.7 Å². The lowest BCUT2D eigenvalue weighted by Gasteiger charge is -2.25. The molecule has 1 unspecified atom stereocenters. The molecule has 0 spiro atoms. The van der Waals surface area contributed by atoms with Gasteiger partial charge in [0.2, 0.25) is 0 Å². The third-order valence-electron chi connectivity index (χ3n) is 5.81. The van der Waals surface area contributed by atoms with Gasteiger partial charge < -0.3 is 14.6 Å². The number of rotatable bonds is 8. The van der Waals surface area contributed by atoms with Crippen LogP contribution in [0.1, 0.15) is 43.0 Å². The van der Waals surface area contributed by atoms with Gasteiger partial charge in [0.1, 0.15) is 17.3 Å². The molecule has 7 nitrogen and oxygen atoms in total. The van der Waals surface area contributed by atoms with Crippen LogP contribution >= 0.6 is 0 Å². The molecule has 1 heterocycles. The van der Waals surface area contributed by atoms with Crippen LogP contribution in [-0.2, 0) is 9.59 Å². The number of anilines is 1. The number of hydrogen-bond donors (Lipinski definition) is 1. The minimum atomic E-state index is -0.881. The minimum absolute atomic E-state index is 0.0276. The van der Waals surface area contributed by atoms with Crippen LogP contribution in [0.2, 0.25) is 0 Å². The second-order valence-corrected chi connectivity index (χ2v) is 8.21. The smallest absolute Gasteiger partial charge is 0.300 e. The minimum Gasteiger partial charge on any atom is -0.507 e. The van der Waals surface area contributed by atoms with Crippen LogP contribution in [0.4, 0.5) is 5.69 Å². The second kappa shape index (κ2) is 10.8. The van der Waals surface area contributed by atoms with Gasteiger partial charge in [0.25, 0.3) is 11.7 Å². The summed E-state index contributed by atoms with van der Waals surface area (Å²) in [6.07, 6.45) is 0.863. The molecule has 4 rings (SSSR count). The van der Waals surface area contributed by atoms with Crippen molar-refractivity contribution in [3.05, 3.63) is 95.1 Å². The molecular weight excluding hydrogens is 456 g/mol. The Balaban J connectivity index is 1.86. The van der Waals surface area contributed by atoms with Crippen molar-refractivity contribution in [3.8, 4) is 17.6 Å². The molecule has 0 saturated carbocycles. The van der Waals surface area contributed by atoms with Crippen molar-refractivity contribution in [3.63, 3.8) is 0 Å². The number of ketones is 1. The van der Waals surface area contributed by atoms with Crippen LogP contribution in [-0.4, -0.2) is 30.0 Å². The summed E-state index contributed by atoms with van der Waals surface area (Å²) in [5.41, 5.74) is 1.84. The van der Waals surface area contributed by atoms with E-state index in [-0.39, 0.29) is 11.3 Å². The van der Waals surface area contributed by atoms with E-state index in [2.05, 4.69) is 0 Å². The van der Waals surface area contributed by atoms with Gasteiger partial charge in [0.05, 0.1) is 36.5 Å². The summed E-state index contributed by atoms with van der Waals surface area (Å²) >= 11 is 0. The van der Waals surface area contributed by atoms with Gasteiger partial charge in [-0.2, -0.15) is 5.26 Å². The first-order chi connectivity index (χ1) is 17.5. The number of Topliss-reactive ketones (excluding diaryl/α,β-unsaturated/α-hetero) is 1. The highest BCUT2D eigenvalue weighted by molar-refractivity contribution is 6.51. The largest absolute Gasteiger partial charge is 0.507 e. The van der Waals surface area contributed by atoms with E-state index >= 15 is 0 Å². The zero-order chi connectivity index (χ0) is 25.7. The summed E-state index contributed by atoms with van der Waals surface area (Å²) < 4.78 is 11.2. The standard InChI is InChI=1S/C29H26N2O5/c1-3-16-36-23-14-10-20(11-15-23)26-25(27(32)21-6-5-7-24(17-21)35-4-2)28(33)29(34)31(26)22-12-8-19(18-30)9-13-22/h5-15,17,26,32H,3-4,16H2,1-2H3/b27-25-. The van der Waals surface area contributed by atoms with E-state index in [1.54, 1.807) is 72.8 Å². The molecule has 1 N–H and O–H groups in total. The molecule has 1 amide bonds. The molecule has 3 aromatic rings. The number of aliphatic hydroxyl groups is 1. The van der Waals surface area contributed by atoms with Crippen LogP contribution in [0.5, 0.6) is 11.5 Å². The molecule has 1 atom stereocenters. The summed E-state index contributed by atoms with van der Waals surface area (Å²) in [5.74, 6) is -0.645. The molecule has 0 aliphatic carbocycles. The number of nitrogens with zero attached hydrogens (tertiary/aromatic N) is 2. The molecule has 1 fully saturated rings. The molecular formula is C29H26N2O5. The number of hydrogen-bond acceptors (Lipinski definition) is 6. The molecule has 0 bridgehead atoms. The summed E-state index contributed by atoms with van der Waals surface area (Å²) in [5, 5.41) is 20.5. The lowest BCUT2D eigenvalue weighted by molar-refractivity contribution is -0.132. The lowest BCUT2D eigenvalue weighted by atomic mass is 9.95. The molecule has 1 aliphatic heterocycles. The van der Waals surface area contributed by atoms with Gasteiger partial charge in [-0.15, -0.1) is 0 Å². The Morgan fingerprint density at radius 3 is 2.33 bits per heavy atom. The summed E-state index contributed by atoms with van der Waals surface area (Å²) in [6.45, 7) is 4.88. The Kier molecular flexibility index (Phi) is 7.36. The fourth-order valence-corrected chi connectivity index (χ4v) is 4.13. The zero-order valence-electron chi connectivity index (χ0n) is 20.1. The van der Waals surface area contributed by atoms with Crippen molar-refractivity contribution < 1.29 is 24.2 Å². The number of aliphatic hydroxyl groups excluding tert-OH is 1. The summed E-state index contributed by atoms with van der Waals surface area (Å²) in [4.78, 5) is 27.9. The first kappa shape index (κ1) is 24.6. The summed E-state index contributed by atoms with van der Waals surface area (Å²) in [7, 11) is 0. The molecule has 36 heavy (non-hydrogen) atoms. The van der Waals surface area contributed by atoms with Crippen molar-refractivity contribution in [2.45, 2.75) is 26.3 Å². The first-order valence-electron chi connectivity index (χ1n) is 11.8. The highest BCUT2D eigenvalue weighted by Crippen LogP contribution is 2.42. The van der Waals surface area contributed by atoms with E-state index in [0.717, 1.165) is 6.42 Å². The van der Waals surface area contributed by atoms with E-state index in [1.807, 2.05) is 19.9 Å². The predicted molar refractivity (Wildman–Crippen MR) is 136 cm³/mol. The Labute approximate surface area is 209 Å². The fourth-order valence-electron chi connectivity index (χ4n) is 4.13. The SMILES string of the molecule is CCCOc1ccc(C2/C(=C(/O)c3cccc(OCC)c3)C(=O)C(=O)N2c2ccc(C#N)cc2)cc1.